The van der Waals surface area contributed by atoms with Crippen LogP contribution in [0.25, 0.3) is 0 Å². The van der Waals surface area contributed by atoms with Crippen molar-refractivity contribution in [1.82, 2.24) is 10.3 Å². The molecule has 0 saturated carbocycles. The maximum Gasteiger partial charge on any atom is 0.408 e. The van der Waals surface area contributed by atoms with Crippen LogP contribution in [0.5, 0.6) is 0 Å². The van der Waals surface area contributed by atoms with Crippen LogP contribution in [0.1, 0.15) is 23.9 Å². The van der Waals surface area contributed by atoms with Gasteiger partial charge in [-0.05, 0) is 34.8 Å². The Labute approximate surface area is 164 Å². The van der Waals surface area contributed by atoms with E-state index in [1.165, 1.54) is 11.3 Å². The van der Waals surface area contributed by atoms with Crippen LogP contribution >= 0.6 is 27.3 Å². The summed E-state index contributed by atoms with van der Waals surface area (Å²) in [6.45, 7) is 2.22. The third-order valence-corrected chi connectivity index (χ3v) is 6.10. The molecule has 0 bridgehead atoms. The molecular formula is C18H19BrN2O4S. The number of aldehydes is 1. The minimum atomic E-state index is -1.03. The molecule has 0 radical (unpaired) electrons. The van der Waals surface area contributed by atoms with Crippen molar-refractivity contribution in [2.75, 3.05) is 6.61 Å². The average Bonchev–Trinajstić information content (AvgIpc) is 3.09. The SMILES string of the molecule is C[C@H]1C[C@@H](C=O)[C@](NC(=O)OCc2ccccc2)(c2nc(Br)cs2)CO1. The van der Waals surface area contributed by atoms with Crippen LogP contribution in [0.3, 0.4) is 0 Å². The minimum absolute atomic E-state index is 0.0659. The zero-order valence-electron chi connectivity index (χ0n) is 14.2. The maximum absolute atomic E-state index is 12.5. The fourth-order valence-electron chi connectivity index (χ4n) is 2.98. The number of ether oxygens (including phenoxy) is 2. The van der Waals surface area contributed by atoms with E-state index in [1.54, 1.807) is 0 Å². The summed E-state index contributed by atoms with van der Waals surface area (Å²) in [5.41, 5.74) is -0.146. The topological polar surface area (TPSA) is 77.5 Å². The number of carbonyl (C=O) groups is 2. The summed E-state index contributed by atoms with van der Waals surface area (Å²) in [7, 11) is 0. The van der Waals surface area contributed by atoms with Crippen LogP contribution in [-0.4, -0.2) is 30.1 Å². The summed E-state index contributed by atoms with van der Waals surface area (Å²) in [6, 6.07) is 9.41. The van der Waals surface area contributed by atoms with Crippen molar-refractivity contribution >= 4 is 39.6 Å². The van der Waals surface area contributed by atoms with Crippen molar-refractivity contribution in [3.8, 4) is 0 Å². The molecule has 1 fully saturated rings. The highest BCUT2D eigenvalue weighted by Gasteiger charge is 2.48. The van der Waals surface area contributed by atoms with Crippen molar-refractivity contribution < 1.29 is 19.1 Å². The molecule has 2 heterocycles. The molecule has 1 aromatic heterocycles. The van der Waals surface area contributed by atoms with Crippen molar-refractivity contribution in [2.45, 2.75) is 31.6 Å². The van der Waals surface area contributed by atoms with Gasteiger partial charge >= 0.3 is 6.09 Å². The van der Waals surface area contributed by atoms with Gasteiger partial charge in [0.15, 0.2) is 0 Å². The van der Waals surface area contributed by atoms with E-state index in [0.29, 0.717) is 16.0 Å². The van der Waals surface area contributed by atoms with E-state index < -0.39 is 17.6 Å². The predicted molar refractivity (Wildman–Crippen MR) is 101 cm³/mol. The van der Waals surface area contributed by atoms with E-state index in [9.17, 15) is 9.59 Å². The Bertz CT molecular complexity index is 770. The summed E-state index contributed by atoms with van der Waals surface area (Å²) in [5.74, 6) is -0.450. The molecule has 1 aromatic carbocycles. The molecule has 26 heavy (non-hydrogen) atoms. The zero-order valence-corrected chi connectivity index (χ0v) is 16.6. The third-order valence-electron chi connectivity index (χ3n) is 4.37. The second-order valence-corrected chi connectivity index (χ2v) is 7.90. The first kappa shape index (κ1) is 19.0. The number of aromatic nitrogens is 1. The zero-order chi connectivity index (χ0) is 18.6. The van der Waals surface area contributed by atoms with Crippen molar-refractivity contribution in [2.24, 2.45) is 5.92 Å². The van der Waals surface area contributed by atoms with Gasteiger partial charge in [0.25, 0.3) is 0 Å². The lowest BCUT2D eigenvalue weighted by Gasteiger charge is -2.42. The number of amides is 1. The Morgan fingerprint density at radius 3 is 2.92 bits per heavy atom. The van der Waals surface area contributed by atoms with E-state index >= 15 is 0 Å². The lowest BCUT2D eigenvalue weighted by atomic mass is 9.80. The molecule has 8 heteroatoms. The van der Waals surface area contributed by atoms with Crippen LogP contribution in [0.2, 0.25) is 0 Å². The number of nitrogens with zero attached hydrogens (tertiary/aromatic N) is 1. The van der Waals surface area contributed by atoms with Crippen LogP contribution < -0.4 is 5.32 Å². The van der Waals surface area contributed by atoms with Crippen LogP contribution in [0, 0.1) is 5.92 Å². The fraction of sp³-hybridized carbons (Fsp3) is 0.389. The number of hydrogen-bond donors (Lipinski definition) is 1. The molecule has 0 unspecified atom stereocenters. The number of alkyl carbamates (subject to hydrolysis) is 1. The first-order valence-corrected chi connectivity index (χ1v) is 9.88. The molecule has 1 saturated heterocycles. The van der Waals surface area contributed by atoms with Gasteiger partial charge in [0.05, 0.1) is 12.7 Å². The van der Waals surface area contributed by atoms with Crippen molar-refractivity contribution in [3.05, 3.63) is 50.9 Å². The van der Waals surface area contributed by atoms with E-state index in [4.69, 9.17) is 9.47 Å². The van der Waals surface area contributed by atoms with Crippen molar-refractivity contribution in [3.63, 3.8) is 0 Å². The number of halogens is 1. The average molecular weight is 439 g/mol. The van der Waals surface area contributed by atoms with Crippen molar-refractivity contribution in [1.29, 1.82) is 0 Å². The smallest absolute Gasteiger partial charge is 0.408 e. The molecule has 1 aliphatic rings. The second kappa shape index (κ2) is 8.28. The molecule has 0 aliphatic carbocycles. The monoisotopic (exact) mass is 438 g/mol. The number of thiazole rings is 1. The molecule has 2 aromatic rings. The van der Waals surface area contributed by atoms with E-state index in [0.717, 1.165) is 11.8 Å². The van der Waals surface area contributed by atoms with Gasteiger partial charge < -0.3 is 19.6 Å². The standard InChI is InChI=1S/C18H19BrN2O4S/c1-12-7-14(8-22)18(11-25-12,16-20-15(19)10-26-16)21-17(23)24-9-13-5-3-2-4-6-13/h2-6,8,10,12,14H,7,9,11H2,1H3,(H,21,23)/t12-,14-,18-/m0/s1. The van der Waals surface area contributed by atoms with Crippen LogP contribution in [-0.2, 0) is 26.4 Å². The molecule has 1 N–H and O–H groups in total. The van der Waals surface area contributed by atoms with Gasteiger partial charge in [0, 0.05) is 11.3 Å². The minimum Gasteiger partial charge on any atom is -0.445 e. The number of hydrogen-bond acceptors (Lipinski definition) is 6. The molecule has 6 nitrogen and oxygen atoms in total. The summed E-state index contributed by atoms with van der Waals surface area (Å²) >= 11 is 4.69. The van der Waals surface area contributed by atoms with Crippen LogP contribution in [0.15, 0.2) is 40.3 Å². The van der Waals surface area contributed by atoms with E-state index in [-0.39, 0.29) is 19.3 Å². The Morgan fingerprint density at radius 1 is 1.50 bits per heavy atom. The highest BCUT2D eigenvalue weighted by Crippen LogP contribution is 2.39. The lowest BCUT2D eigenvalue weighted by Crippen LogP contribution is -2.58. The molecule has 3 rings (SSSR count). The summed E-state index contributed by atoms with van der Waals surface area (Å²) in [5, 5.41) is 5.29. The quantitative estimate of drug-likeness (QED) is 0.720. The summed E-state index contributed by atoms with van der Waals surface area (Å²) in [4.78, 5) is 28.7. The van der Waals surface area contributed by atoms with Gasteiger partial charge in [0.2, 0.25) is 0 Å². The summed E-state index contributed by atoms with van der Waals surface area (Å²) in [6.07, 6.45) is 0.694. The molecule has 1 aliphatic heterocycles. The predicted octanol–water partition coefficient (Wildman–Crippen LogP) is 3.65. The van der Waals surface area contributed by atoms with Gasteiger partial charge in [-0.3, -0.25) is 0 Å². The van der Waals surface area contributed by atoms with Gasteiger partial charge in [-0.15, -0.1) is 11.3 Å². The largest absolute Gasteiger partial charge is 0.445 e. The van der Waals surface area contributed by atoms with Gasteiger partial charge in [-0.2, -0.15) is 0 Å². The molecule has 0 spiro atoms. The van der Waals surface area contributed by atoms with Crippen LogP contribution in [0.4, 0.5) is 4.79 Å². The lowest BCUT2D eigenvalue weighted by molar-refractivity contribution is -0.124. The van der Waals surface area contributed by atoms with Gasteiger partial charge in [-0.1, -0.05) is 30.3 Å². The Kier molecular flexibility index (Phi) is 6.05. The Hall–Kier alpha value is -1.77. The number of carbonyl (C=O) groups excluding carboxylic acids is 2. The molecular weight excluding hydrogens is 420 g/mol. The van der Waals surface area contributed by atoms with E-state index in [2.05, 4.69) is 26.2 Å². The summed E-state index contributed by atoms with van der Waals surface area (Å²) < 4.78 is 11.8. The van der Waals surface area contributed by atoms with E-state index in [1.807, 2.05) is 42.6 Å². The van der Waals surface area contributed by atoms with Gasteiger partial charge in [-0.25, -0.2) is 9.78 Å². The Morgan fingerprint density at radius 2 is 2.27 bits per heavy atom. The van der Waals surface area contributed by atoms with Gasteiger partial charge in [0.1, 0.15) is 28.0 Å². The molecule has 3 atom stereocenters. The number of rotatable bonds is 5. The highest BCUT2D eigenvalue weighted by atomic mass is 79.9. The number of benzene rings is 1. The fourth-order valence-corrected chi connectivity index (χ4v) is 4.44. The number of nitrogens with one attached hydrogen (secondary N) is 1. The Balaban J connectivity index is 1.79. The molecule has 1 amide bonds. The third kappa shape index (κ3) is 4.13. The normalized spacial score (nSPS) is 25.5. The highest BCUT2D eigenvalue weighted by molar-refractivity contribution is 9.10. The first-order chi connectivity index (χ1) is 12.5. The first-order valence-electron chi connectivity index (χ1n) is 8.21. The second-order valence-electron chi connectivity index (χ2n) is 6.23. The molecule has 138 valence electrons. The maximum atomic E-state index is 12.5.